The van der Waals surface area contributed by atoms with E-state index in [0.717, 1.165) is 0 Å². The summed E-state index contributed by atoms with van der Waals surface area (Å²) in [4.78, 5) is 12.5. The fraction of sp³-hybridized carbons (Fsp3) is 0.409. The minimum absolute atomic E-state index is 0.0446. The van der Waals surface area contributed by atoms with Crippen LogP contribution in [0.5, 0.6) is 0 Å². The van der Waals surface area contributed by atoms with E-state index in [2.05, 4.69) is 41.5 Å². The molecule has 0 saturated heterocycles. The Kier molecular flexibility index (Phi) is 5.00. The van der Waals surface area contributed by atoms with Crippen LogP contribution in [0.25, 0.3) is 0 Å². The van der Waals surface area contributed by atoms with Crippen molar-refractivity contribution in [2.24, 2.45) is 0 Å². The number of hydrogen-bond donors (Lipinski definition) is 1. The molecule has 1 atom stereocenters. The SMILES string of the molecule is CC(C)(C)c1ccc(C(=O)C(O)c2ccc(C(C)(C)C)cc2)cc1. The molecular formula is C22H28O2. The normalized spacial score (nSPS) is 13.6. The summed E-state index contributed by atoms with van der Waals surface area (Å²) < 4.78 is 0. The lowest BCUT2D eigenvalue weighted by Gasteiger charge is -2.20. The van der Waals surface area contributed by atoms with E-state index in [0.29, 0.717) is 11.1 Å². The highest BCUT2D eigenvalue weighted by molar-refractivity contribution is 5.99. The molecule has 0 heterocycles. The van der Waals surface area contributed by atoms with Gasteiger partial charge in [0.15, 0.2) is 5.78 Å². The van der Waals surface area contributed by atoms with Crippen LogP contribution < -0.4 is 0 Å². The lowest BCUT2D eigenvalue weighted by Crippen LogP contribution is -2.15. The van der Waals surface area contributed by atoms with Crippen molar-refractivity contribution in [2.75, 3.05) is 0 Å². The van der Waals surface area contributed by atoms with Crippen LogP contribution in [0.4, 0.5) is 0 Å². The quantitative estimate of drug-likeness (QED) is 0.788. The first-order valence-electron chi connectivity index (χ1n) is 8.43. The monoisotopic (exact) mass is 324 g/mol. The van der Waals surface area contributed by atoms with Crippen molar-refractivity contribution >= 4 is 5.78 Å². The summed E-state index contributed by atoms with van der Waals surface area (Å²) in [6, 6.07) is 15.2. The Hall–Kier alpha value is -1.93. The first kappa shape index (κ1) is 18.4. The molecule has 1 unspecified atom stereocenters. The van der Waals surface area contributed by atoms with Crippen molar-refractivity contribution in [3.05, 3.63) is 70.8 Å². The van der Waals surface area contributed by atoms with Crippen LogP contribution >= 0.6 is 0 Å². The van der Waals surface area contributed by atoms with Gasteiger partial charge in [-0.05, 0) is 27.5 Å². The van der Waals surface area contributed by atoms with Crippen molar-refractivity contribution in [2.45, 2.75) is 58.5 Å². The van der Waals surface area contributed by atoms with E-state index in [1.54, 1.807) is 12.1 Å². The Morgan fingerprint density at radius 2 is 1.12 bits per heavy atom. The minimum Gasteiger partial charge on any atom is -0.380 e. The van der Waals surface area contributed by atoms with Crippen LogP contribution in [0.1, 0.15) is 74.7 Å². The van der Waals surface area contributed by atoms with Crippen LogP contribution in [0.3, 0.4) is 0 Å². The zero-order valence-electron chi connectivity index (χ0n) is 15.6. The maximum Gasteiger partial charge on any atom is 0.195 e. The number of carbonyl (C=O) groups is 1. The van der Waals surface area contributed by atoms with Crippen molar-refractivity contribution in [1.29, 1.82) is 0 Å². The van der Waals surface area contributed by atoms with E-state index in [9.17, 15) is 9.90 Å². The molecule has 2 aromatic rings. The van der Waals surface area contributed by atoms with Crippen LogP contribution in [0.2, 0.25) is 0 Å². The third-order valence-electron chi connectivity index (χ3n) is 4.38. The fourth-order valence-corrected chi connectivity index (χ4v) is 2.61. The zero-order chi connectivity index (χ0) is 18.1. The molecule has 0 radical (unpaired) electrons. The van der Waals surface area contributed by atoms with Crippen molar-refractivity contribution in [3.8, 4) is 0 Å². The molecule has 2 heteroatoms. The summed E-state index contributed by atoms with van der Waals surface area (Å²) in [5, 5.41) is 10.4. The van der Waals surface area contributed by atoms with Gasteiger partial charge in [0.25, 0.3) is 0 Å². The predicted molar refractivity (Wildman–Crippen MR) is 99.6 cm³/mol. The second-order valence-electron chi connectivity index (χ2n) is 8.47. The molecule has 0 saturated carbocycles. The number of aliphatic hydroxyl groups is 1. The summed E-state index contributed by atoms with van der Waals surface area (Å²) in [5.41, 5.74) is 3.62. The van der Waals surface area contributed by atoms with Gasteiger partial charge in [0.2, 0.25) is 0 Å². The number of hydrogen-bond acceptors (Lipinski definition) is 2. The van der Waals surface area contributed by atoms with Gasteiger partial charge < -0.3 is 5.11 Å². The maximum atomic E-state index is 12.5. The third-order valence-corrected chi connectivity index (χ3v) is 4.38. The maximum absolute atomic E-state index is 12.5. The molecular weight excluding hydrogens is 296 g/mol. The molecule has 0 bridgehead atoms. The minimum atomic E-state index is -1.13. The molecule has 128 valence electrons. The van der Waals surface area contributed by atoms with Gasteiger partial charge in [-0.2, -0.15) is 0 Å². The smallest absolute Gasteiger partial charge is 0.195 e. The average Bonchev–Trinajstić information content (AvgIpc) is 2.52. The second kappa shape index (κ2) is 6.52. The van der Waals surface area contributed by atoms with E-state index in [1.807, 2.05) is 36.4 Å². The van der Waals surface area contributed by atoms with Gasteiger partial charge in [-0.3, -0.25) is 4.79 Å². The number of rotatable bonds is 3. The molecule has 1 N–H and O–H groups in total. The summed E-state index contributed by atoms with van der Waals surface area (Å²) in [5.74, 6) is -0.265. The lowest BCUT2D eigenvalue weighted by atomic mass is 9.85. The van der Waals surface area contributed by atoms with Gasteiger partial charge in [-0.15, -0.1) is 0 Å². The average molecular weight is 324 g/mol. The lowest BCUT2D eigenvalue weighted by molar-refractivity contribution is 0.0747. The summed E-state index contributed by atoms with van der Waals surface area (Å²) in [7, 11) is 0. The van der Waals surface area contributed by atoms with Crippen molar-refractivity contribution in [1.82, 2.24) is 0 Å². The number of benzene rings is 2. The topological polar surface area (TPSA) is 37.3 Å². The van der Waals surface area contributed by atoms with E-state index in [-0.39, 0.29) is 16.6 Å². The second-order valence-corrected chi connectivity index (χ2v) is 8.47. The molecule has 2 aromatic carbocycles. The Balaban J connectivity index is 2.20. The van der Waals surface area contributed by atoms with Crippen molar-refractivity contribution in [3.63, 3.8) is 0 Å². The summed E-state index contributed by atoms with van der Waals surface area (Å²) in [6.45, 7) is 12.8. The zero-order valence-corrected chi connectivity index (χ0v) is 15.6. The molecule has 0 aromatic heterocycles. The number of carbonyl (C=O) groups excluding carboxylic acids is 1. The largest absolute Gasteiger partial charge is 0.380 e. The van der Waals surface area contributed by atoms with Crippen LogP contribution in [0, 0.1) is 0 Å². The van der Waals surface area contributed by atoms with Gasteiger partial charge in [-0.25, -0.2) is 0 Å². The van der Waals surface area contributed by atoms with E-state index in [4.69, 9.17) is 0 Å². The van der Waals surface area contributed by atoms with Gasteiger partial charge in [0.1, 0.15) is 6.10 Å². The van der Waals surface area contributed by atoms with Gasteiger partial charge in [-0.1, -0.05) is 90.1 Å². The molecule has 0 aliphatic carbocycles. The molecule has 0 amide bonds. The molecule has 0 spiro atoms. The molecule has 0 aliphatic heterocycles. The van der Waals surface area contributed by atoms with E-state index >= 15 is 0 Å². The van der Waals surface area contributed by atoms with Gasteiger partial charge >= 0.3 is 0 Å². The number of ketones is 1. The standard InChI is InChI=1S/C22H28O2/c1-21(2,3)17-11-7-15(8-12-17)19(23)20(24)16-9-13-18(14-10-16)22(4,5)6/h7-14,19,23H,1-6H3. The first-order valence-corrected chi connectivity index (χ1v) is 8.43. The molecule has 2 rings (SSSR count). The molecule has 2 nitrogen and oxygen atoms in total. The van der Waals surface area contributed by atoms with Crippen molar-refractivity contribution < 1.29 is 9.90 Å². The fourth-order valence-electron chi connectivity index (χ4n) is 2.61. The Bertz CT molecular complexity index is 696. The highest BCUT2D eigenvalue weighted by Gasteiger charge is 2.21. The van der Waals surface area contributed by atoms with E-state index in [1.165, 1.54) is 11.1 Å². The summed E-state index contributed by atoms with van der Waals surface area (Å²) in [6.07, 6.45) is -1.13. The van der Waals surface area contributed by atoms with Crippen LogP contribution in [0.15, 0.2) is 48.5 Å². The van der Waals surface area contributed by atoms with E-state index < -0.39 is 6.10 Å². The van der Waals surface area contributed by atoms with Crippen LogP contribution in [-0.2, 0) is 10.8 Å². The Morgan fingerprint density at radius 1 is 0.750 bits per heavy atom. The Morgan fingerprint density at radius 3 is 1.50 bits per heavy atom. The molecule has 0 fully saturated rings. The predicted octanol–water partition coefficient (Wildman–Crippen LogP) is 5.20. The van der Waals surface area contributed by atoms with Gasteiger partial charge in [0, 0.05) is 5.56 Å². The Labute approximate surface area is 145 Å². The highest BCUT2D eigenvalue weighted by atomic mass is 16.3. The van der Waals surface area contributed by atoms with Gasteiger partial charge in [0.05, 0.1) is 0 Å². The molecule has 0 aliphatic rings. The number of aliphatic hydroxyl groups excluding tert-OH is 1. The first-order chi connectivity index (χ1) is 11.0. The van der Waals surface area contributed by atoms with Crippen LogP contribution in [-0.4, -0.2) is 10.9 Å². The highest BCUT2D eigenvalue weighted by Crippen LogP contribution is 2.26. The summed E-state index contributed by atoms with van der Waals surface area (Å²) >= 11 is 0. The molecule has 24 heavy (non-hydrogen) atoms. The number of Topliss-reactive ketones (excluding diaryl/α,β-unsaturated/α-hetero) is 1. The third kappa shape index (κ3) is 4.12.